The Hall–Kier alpha value is -1.82. The van der Waals surface area contributed by atoms with E-state index in [1.54, 1.807) is 36.0 Å². The lowest BCUT2D eigenvalue weighted by molar-refractivity contribution is 0.322. The second-order valence-corrected chi connectivity index (χ2v) is 4.60. The number of nitrogens with two attached hydrogens (primary N) is 1. The zero-order valence-electron chi connectivity index (χ0n) is 9.94. The fourth-order valence-corrected chi connectivity index (χ4v) is 2.03. The highest BCUT2D eigenvalue weighted by Gasteiger charge is 2.08. The van der Waals surface area contributed by atoms with Crippen LogP contribution in [0.3, 0.4) is 0 Å². The van der Waals surface area contributed by atoms with Crippen molar-refractivity contribution in [1.29, 1.82) is 0 Å². The summed E-state index contributed by atoms with van der Waals surface area (Å²) in [6.07, 6.45) is 1.78. The van der Waals surface area contributed by atoms with Crippen molar-refractivity contribution < 1.29 is 9.13 Å². The molecule has 0 aliphatic rings. The van der Waals surface area contributed by atoms with Crippen molar-refractivity contribution in [1.82, 2.24) is 4.98 Å². The van der Waals surface area contributed by atoms with Crippen molar-refractivity contribution in [3.8, 4) is 5.75 Å². The third-order valence-corrected chi connectivity index (χ3v) is 3.12. The highest BCUT2D eigenvalue weighted by Crippen LogP contribution is 2.28. The molecule has 0 unspecified atom stereocenters. The Labute approximate surface area is 109 Å². The number of hydrogen-bond donors (Lipinski definition) is 2. The van der Waals surface area contributed by atoms with Gasteiger partial charge in [-0.05, 0) is 6.92 Å². The summed E-state index contributed by atoms with van der Waals surface area (Å²) >= 11 is 1.55. The van der Waals surface area contributed by atoms with E-state index >= 15 is 0 Å². The summed E-state index contributed by atoms with van der Waals surface area (Å²) < 4.78 is 18.7. The fourth-order valence-electron chi connectivity index (χ4n) is 1.50. The molecule has 0 amide bonds. The van der Waals surface area contributed by atoms with Crippen molar-refractivity contribution in [3.63, 3.8) is 0 Å². The normalized spacial score (nSPS) is 10.3. The molecule has 1 aromatic heterocycles. The minimum atomic E-state index is -0.447. The molecule has 0 bridgehead atoms. The van der Waals surface area contributed by atoms with Crippen LogP contribution in [0.15, 0.2) is 23.8 Å². The number of halogens is 1. The number of aromatic nitrogens is 1. The van der Waals surface area contributed by atoms with Gasteiger partial charge in [-0.3, -0.25) is 4.98 Å². The van der Waals surface area contributed by atoms with E-state index in [0.717, 1.165) is 4.88 Å². The number of nitrogens with zero attached hydrogens (tertiary/aromatic N) is 1. The molecule has 0 aliphatic carbocycles. The number of ether oxygens (including phenoxy) is 1. The number of thiazole rings is 1. The van der Waals surface area contributed by atoms with Crippen LogP contribution in [0.4, 0.5) is 15.8 Å². The molecule has 0 radical (unpaired) electrons. The van der Waals surface area contributed by atoms with Crippen LogP contribution < -0.4 is 15.8 Å². The second kappa shape index (κ2) is 5.68. The van der Waals surface area contributed by atoms with Gasteiger partial charge in [0.15, 0.2) is 11.6 Å². The maximum Gasteiger partial charge on any atom is 0.167 e. The van der Waals surface area contributed by atoms with Crippen molar-refractivity contribution in [3.05, 3.63) is 34.5 Å². The summed E-state index contributed by atoms with van der Waals surface area (Å²) in [5, 5.41) is 3.14. The second-order valence-electron chi connectivity index (χ2n) is 3.62. The predicted octanol–water partition coefficient (Wildman–Crippen LogP) is 2.88. The number of nitrogens with one attached hydrogen (secondary N) is 1. The van der Waals surface area contributed by atoms with Crippen LogP contribution in [0, 0.1) is 5.82 Å². The van der Waals surface area contributed by atoms with Gasteiger partial charge >= 0.3 is 0 Å². The molecule has 96 valence electrons. The van der Waals surface area contributed by atoms with Crippen LogP contribution in [0.5, 0.6) is 5.75 Å². The van der Waals surface area contributed by atoms with Crippen molar-refractivity contribution in [2.75, 3.05) is 17.7 Å². The molecule has 1 heterocycles. The Morgan fingerprint density at radius 3 is 3.00 bits per heavy atom. The van der Waals surface area contributed by atoms with Gasteiger partial charge in [-0.15, -0.1) is 11.3 Å². The summed E-state index contributed by atoms with van der Waals surface area (Å²) in [7, 11) is 0. The largest absolute Gasteiger partial charge is 0.491 e. The lowest BCUT2D eigenvalue weighted by Gasteiger charge is -2.11. The molecule has 4 nitrogen and oxygen atoms in total. The molecular weight excluding hydrogens is 253 g/mol. The molecule has 0 atom stereocenters. The quantitative estimate of drug-likeness (QED) is 0.818. The van der Waals surface area contributed by atoms with Gasteiger partial charge in [-0.2, -0.15) is 0 Å². The Kier molecular flexibility index (Phi) is 3.99. The summed E-state index contributed by atoms with van der Waals surface area (Å²) in [5.74, 6) is -0.240. The minimum Gasteiger partial charge on any atom is -0.491 e. The number of nitrogen functional groups attached to an aromatic ring is 1. The standard InChI is InChI=1S/C12H14FN3OS/c1-2-17-12-4-11(10(14)3-9(12)13)16-6-8-5-15-7-18-8/h3-5,7,16H,2,6,14H2,1H3. The SMILES string of the molecule is CCOc1cc(NCc2cncs2)c(N)cc1F. The van der Waals surface area contributed by atoms with Gasteiger partial charge in [0.1, 0.15) is 0 Å². The third kappa shape index (κ3) is 2.89. The van der Waals surface area contributed by atoms with Crippen LogP contribution in [-0.4, -0.2) is 11.6 Å². The molecule has 0 saturated carbocycles. The van der Waals surface area contributed by atoms with E-state index in [0.29, 0.717) is 24.5 Å². The highest BCUT2D eigenvalue weighted by molar-refractivity contribution is 7.09. The monoisotopic (exact) mass is 267 g/mol. The zero-order valence-corrected chi connectivity index (χ0v) is 10.8. The number of rotatable bonds is 5. The fraction of sp³-hybridized carbons (Fsp3) is 0.250. The van der Waals surface area contributed by atoms with Crippen LogP contribution >= 0.6 is 11.3 Å². The average Bonchev–Trinajstić information content (AvgIpc) is 2.84. The average molecular weight is 267 g/mol. The molecule has 2 aromatic rings. The Morgan fingerprint density at radius 2 is 2.33 bits per heavy atom. The van der Waals surface area contributed by atoms with E-state index in [1.807, 2.05) is 0 Å². The molecule has 0 spiro atoms. The molecular formula is C12H14FN3OS. The smallest absolute Gasteiger partial charge is 0.167 e. The molecule has 1 aromatic carbocycles. The first-order valence-electron chi connectivity index (χ1n) is 5.53. The number of benzene rings is 1. The van der Waals surface area contributed by atoms with E-state index in [4.69, 9.17) is 10.5 Å². The molecule has 0 saturated heterocycles. The van der Waals surface area contributed by atoms with E-state index < -0.39 is 5.82 Å². The number of anilines is 2. The summed E-state index contributed by atoms with van der Waals surface area (Å²) in [5.41, 5.74) is 8.54. The minimum absolute atomic E-state index is 0.207. The van der Waals surface area contributed by atoms with E-state index in [2.05, 4.69) is 10.3 Å². The zero-order chi connectivity index (χ0) is 13.0. The van der Waals surface area contributed by atoms with E-state index in [9.17, 15) is 4.39 Å². The topological polar surface area (TPSA) is 60.2 Å². The molecule has 3 N–H and O–H groups in total. The van der Waals surface area contributed by atoms with Crippen molar-refractivity contribution in [2.45, 2.75) is 13.5 Å². The first-order chi connectivity index (χ1) is 8.70. The summed E-state index contributed by atoms with van der Waals surface area (Å²) in [6.45, 7) is 2.82. The maximum atomic E-state index is 13.5. The summed E-state index contributed by atoms with van der Waals surface area (Å²) in [6, 6.07) is 2.84. The lowest BCUT2D eigenvalue weighted by Crippen LogP contribution is -2.04. The molecule has 18 heavy (non-hydrogen) atoms. The molecule has 2 rings (SSSR count). The van der Waals surface area contributed by atoms with Crippen molar-refractivity contribution >= 4 is 22.7 Å². The Balaban J connectivity index is 2.13. The van der Waals surface area contributed by atoms with Gasteiger partial charge in [-0.25, -0.2) is 4.39 Å². The van der Waals surface area contributed by atoms with Gasteiger partial charge in [-0.1, -0.05) is 0 Å². The third-order valence-electron chi connectivity index (χ3n) is 2.34. The summed E-state index contributed by atoms with van der Waals surface area (Å²) in [4.78, 5) is 5.06. The van der Waals surface area contributed by atoms with Crippen molar-refractivity contribution in [2.24, 2.45) is 0 Å². The van der Waals surface area contributed by atoms with E-state index in [1.165, 1.54) is 6.07 Å². The first kappa shape index (κ1) is 12.6. The highest BCUT2D eigenvalue weighted by atomic mass is 32.1. The van der Waals surface area contributed by atoms with Crippen LogP contribution in [0.1, 0.15) is 11.8 Å². The lowest BCUT2D eigenvalue weighted by atomic mass is 10.2. The predicted molar refractivity (Wildman–Crippen MR) is 71.4 cm³/mol. The van der Waals surface area contributed by atoms with Gasteiger partial charge < -0.3 is 15.8 Å². The van der Waals surface area contributed by atoms with Gasteiger partial charge in [0.05, 0.1) is 30.0 Å². The number of hydrogen-bond acceptors (Lipinski definition) is 5. The van der Waals surface area contributed by atoms with Gasteiger partial charge in [0.2, 0.25) is 0 Å². The maximum absolute atomic E-state index is 13.5. The Bertz CT molecular complexity index is 516. The van der Waals surface area contributed by atoms with Crippen LogP contribution in [0.2, 0.25) is 0 Å². The first-order valence-corrected chi connectivity index (χ1v) is 6.41. The molecule has 0 aliphatic heterocycles. The molecule has 6 heteroatoms. The Morgan fingerprint density at radius 1 is 1.50 bits per heavy atom. The van der Waals surface area contributed by atoms with Gasteiger partial charge in [0.25, 0.3) is 0 Å². The van der Waals surface area contributed by atoms with Crippen LogP contribution in [0.25, 0.3) is 0 Å². The van der Waals surface area contributed by atoms with Gasteiger partial charge in [0, 0.05) is 23.2 Å². The molecule has 0 fully saturated rings. The van der Waals surface area contributed by atoms with Crippen LogP contribution in [-0.2, 0) is 6.54 Å². The van der Waals surface area contributed by atoms with E-state index in [-0.39, 0.29) is 5.75 Å².